The predicted molar refractivity (Wildman–Crippen MR) is 77.0 cm³/mol. The fourth-order valence-corrected chi connectivity index (χ4v) is 2.51. The minimum atomic E-state index is -0.485. The number of carbonyl (C=O) groups is 2. The normalized spacial score (nSPS) is 17.9. The number of nitrogens with one attached hydrogen (secondary N) is 1. The molecule has 1 aromatic rings. The summed E-state index contributed by atoms with van der Waals surface area (Å²) in [6.45, 7) is 2.38. The van der Waals surface area contributed by atoms with Crippen LogP contribution in [0.2, 0.25) is 5.02 Å². The van der Waals surface area contributed by atoms with Gasteiger partial charge in [-0.05, 0) is 37.5 Å². The summed E-state index contributed by atoms with van der Waals surface area (Å²) < 4.78 is 4.69. The van der Waals surface area contributed by atoms with E-state index in [-0.39, 0.29) is 5.91 Å². The van der Waals surface area contributed by atoms with E-state index in [1.54, 1.807) is 18.2 Å². The van der Waals surface area contributed by atoms with Gasteiger partial charge in [-0.2, -0.15) is 0 Å². The maximum Gasteiger partial charge on any atom is 0.410 e. The smallest absolute Gasteiger partial charge is 0.410 e. The van der Waals surface area contributed by atoms with Crippen molar-refractivity contribution in [1.82, 2.24) is 4.90 Å². The van der Waals surface area contributed by atoms with Crippen LogP contribution < -0.4 is 5.32 Å². The highest BCUT2D eigenvalue weighted by molar-refractivity contribution is 6.31. The van der Waals surface area contributed by atoms with Crippen molar-refractivity contribution in [2.75, 3.05) is 19.0 Å². The third-order valence-electron chi connectivity index (χ3n) is 3.49. The predicted octanol–water partition coefficient (Wildman–Crippen LogP) is 2.82. The summed E-state index contributed by atoms with van der Waals surface area (Å²) >= 11 is 6.02. The van der Waals surface area contributed by atoms with Crippen LogP contribution in [-0.4, -0.2) is 36.6 Å². The van der Waals surface area contributed by atoms with Crippen molar-refractivity contribution in [1.29, 1.82) is 0 Å². The summed E-state index contributed by atoms with van der Waals surface area (Å²) in [5.74, 6) is -0.210. The van der Waals surface area contributed by atoms with E-state index in [0.717, 1.165) is 12.0 Å². The molecule has 1 aromatic carbocycles. The Labute approximate surface area is 122 Å². The highest BCUT2D eigenvalue weighted by atomic mass is 35.5. The van der Waals surface area contributed by atoms with Gasteiger partial charge in [0.2, 0.25) is 5.91 Å². The van der Waals surface area contributed by atoms with Crippen LogP contribution in [0.25, 0.3) is 0 Å². The van der Waals surface area contributed by atoms with Crippen molar-refractivity contribution in [3.05, 3.63) is 28.8 Å². The number of hydrogen-bond donors (Lipinski definition) is 1. The molecule has 1 N–H and O–H groups in total. The van der Waals surface area contributed by atoms with E-state index in [9.17, 15) is 9.59 Å². The number of rotatable bonds is 2. The van der Waals surface area contributed by atoms with Crippen molar-refractivity contribution in [3.8, 4) is 0 Å². The number of benzene rings is 1. The molecule has 1 unspecified atom stereocenters. The minimum absolute atomic E-state index is 0.210. The molecule has 20 heavy (non-hydrogen) atoms. The number of halogens is 1. The Morgan fingerprint density at radius 2 is 2.20 bits per heavy atom. The summed E-state index contributed by atoms with van der Waals surface area (Å²) in [7, 11) is 1.32. The van der Waals surface area contributed by atoms with Crippen molar-refractivity contribution >= 4 is 29.3 Å². The third kappa shape index (κ3) is 2.88. The second-order valence-corrected chi connectivity index (χ2v) is 5.13. The van der Waals surface area contributed by atoms with Gasteiger partial charge in [0, 0.05) is 17.3 Å². The first-order chi connectivity index (χ1) is 9.54. The van der Waals surface area contributed by atoms with Gasteiger partial charge in [0.05, 0.1) is 7.11 Å². The lowest BCUT2D eigenvalue weighted by Gasteiger charge is -2.22. The van der Waals surface area contributed by atoms with Crippen molar-refractivity contribution in [2.24, 2.45) is 0 Å². The van der Waals surface area contributed by atoms with Crippen molar-refractivity contribution in [2.45, 2.75) is 25.8 Å². The SMILES string of the molecule is COC(=O)N1CCCC1C(=O)Nc1cccc(Cl)c1C. The fourth-order valence-electron chi connectivity index (χ4n) is 2.33. The molecule has 5 nitrogen and oxygen atoms in total. The molecule has 0 saturated carbocycles. The van der Waals surface area contributed by atoms with Crippen LogP contribution in [0, 0.1) is 6.92 Å². The van der Waals surface area contributed by atoms with E-state index < -0.39 is 12.1 Å². The zero-order chi connectivity index (χ0) is 14.7. The number of amides is 2. The summed E-state index contributed by atoms with van der Waals surface area (Å²) in [5.41, 5.74) is 1.48. The van der Waals surface area contributed by atoms with Gasteiger partial charge < -0.3 is 10.1 Å². The Balaban J connectivity index is 2.11. The van der Waals surface area contributed by atoms with E-state index in [1.807, 2.05) is 6.92 Å². The Morgan fingerprint density at radius 3 is 2.90 bits per heavy atom. The number of hydrogen-bond acceptors (Lipinski definition) is 3. The Kier molecular flexibility index (Phi) is 4.49. The number of ether oxygens (including phenoxy) is 1. The van der Waals surface area contributed by atoms with Gasteiger partial charge in [-0.1, -0.05) is 17.7 Å². The van der Waals surface area contributed by atoms with Gasteiger partial charge in [0.15, 0.2) is 0 Å². The monoisotopic (exact) mass is 296 g/mol. The second kappa shape index (κ2) is 6.13. The number of carbonyl (C=O) groups excluding carboxylic acids is 2. The summed E-state index contributed by atoms with van der Waals surface area (Å²) in [6.07, 6.45) is 0.966. The first-order valence-corrected chi connectivity index (χ1v) is 6.83. The lowest BCUT2D eigenvalue weighted by molar-refractivity contribution is -0.119. The minimum Gasteiger partial charge on any atom is -0.453 e. The number of likely N-dealkylation sites (tertiary alicyclic amines) is 1. The molecular formula is C14H17ClN2O3. The molecule has 0 bridgehead atoms. The second-order valence-electron chi connectivity index (χ2n) is 4.72. The average molecular weight is 297 g/mol. The molecule has 1 aliphatic heterocycles. The third-order valence-corrected chi connectivity index (χ3v) is 3.90. The molecule has 0 spiro atoms. The van der Waals surface area contributed by atoms with Crippen molar-refractivity contribution < 1.29 is 14.3 Å². The first-order valence-electron chi connectivity index (χ1n) is 6.45. The molecule has 1 fully saturated rings. The van der Waals surface area contributed by atoms with Crippen LogP contribution in [-0.2, 0) is 9.53 Å². The zero-order valence-electron chi connectivity index (χ0n) is 11.5. The Hall–Kier alpha value is -1.75. The van der Waals surface area contributed by atoms with Crippen LogP contribution in [0.3, 0.4) is 0 Å². The molecule has 1 aliphatic rings. The van der Waals surface area contributed by atoms with E-state index in [1.165, 1.54) is 12.0 Å². The van der Waals surface area contributed by atoms with Gasteiger partial charge in [0.25, 0.3) is 0 Å². The fraction of sp³-hybridized carbons (Fsp3) is 0.429. The maximum absolute atomic E-state index is 12.3. The van der Waals surface area contributed by atoms with Gasteiger partial charge in [-0.3, -0.25) is 9.69 Å². The molecule has 108 valence electrons. The van der Waals surface area contributed by atoms with E-state index in [2.05, 4.69) is 5.32 Å². The molecule has 0 aromatic heterocycles. The molecule has 1 saturated heterocycles. The molecule has 0 aliphatic carbocycles. The van der Waals surface area contributed by atoms with Gasteiger partial charge >= 0.3 is 6.09 Å². The van der Waals surface area contributed by atoms with Crippen LogP contribution >= 0.6 is 11.6 Å². The number of anilines is 1. The first kappa shape index (κ1) is 14.7. The molecule has 1 atom stereocenters. The highest BCUT2D eigenvalue weighted by Crippen LogP contribution is 2.25. The average Bonchev–Trinajstić information content (AvgIpc) is 2.92. The van der Waals surface area contributed by atoms with Gasteiger partial charge in [-0.25, -0.2) is 4.79 Å². The zero-order valence-corrected chi connectivity index (χ0v) is 12.2. The molecular weight excluding hydrogens is 280 g/mol. The number of nitrogens with zero attached hydrogens (tertiary/aromatic N) is 1. The van der Waals surface area contributed by atoms with E-state index in [0.29, 0.717) is 23.7 Å². The standard InChI is InChI=1S/C14H17ClN2O3/c1-9-10(15)5-3-6-11(9)16-13(18)12-7-4-8-17(12)14(19)20-2/h3,5-6,12H,4,7-8H2,1-2H3,(H,16,18). The molecule has 2 amide bonds. The van der Waals surface area contributed by atoms with Crippen LogP contribution in [0.15, 0.2) is 18.2 Å². The Morgan fingerprint density at radius 1 is 1.45 bits per heavy atom. The summed E-state index contributed by atoms with van der Waals surface area (Å²) in [5, 5.41) is 3.43. The molecule has 6 heteroatoms. The highest BCUT2D eigenvalue weighted by Gasteiger charge is 2.34. The van der Waals surface area contributed by atoms with Crippen LogP contribution in [0.5, 0.6) is 0 Å². The summed E-state index contributed by atoms with van der Waals surface area (Å²) in [4.78, 5) is 25.4. The Bertz CT molecular complexity index is 533. The lowest BCUT2D eigenvalue weighted by Crippen LogP contribution is -2.43. The largest absolute Gasteiger partial charge is 0.453 e. The van der Waals surface area contributed by atoms with Crippen LogP contribution in [0.4, 0.5) is 10.5 Å². The van der Waals surface area contributed by atoms with Gasteiger partial charge in [0.1, 0.15) is 6.04 Å². The lowest BCUT2D eigenvalue weighted by atomic mass is 10.1. The van der Waals surface area contributed by atoms with E-state index in [4.69, 9.17) is 16.3 Å². The number of methoxy groups -OCH3 is 1. The van der Waals surface area contributed by atoms with Crippen molar-refractivity contribution in [3.63, 3.8) is 0 Å². The molecule has 1 heterocycles. The maximum atomic E-state index is 12.3. The topological polar surface area (TPSA) is 58.6 Å². The quantitative estimate of drug-likeness (QED) is 0.913. The van der Waals surface area contributed by atoms with Crippen LogP contribution in [0.1, 0.15) is 18.4 Å². The summed E-state index contributed by atoms with van der Waals surface area (Å²) in [6, 6.07) is 4.85. The molecule has 0 radical (unpaired) electrons. The van der Waals surface area contributed by atoms with E-state index >= 15 is 0 Å². The molecule has 2 rings (SSSR count). The van der Waals surface area contributed by atoms with Gasteiger partial charge in [-0.15, -0.1) is 0 Å².